The van der Waals surface area contributed by atoms with Crippen LogP contribution in [0.2, 0.25) is 0 Å². The monoisotopic (exact) mass is 200 g/mol. The van der Waals surface area contributed by atoms with E-state index in [1.165, 1.54) is 0 Å². The van der Waals surface area contributed by atoms with Crippen LogP contribution in [-0.4, -0.2) is 38.3 Å². The summed E-state index contributed by atoms with van der Waals surface area (Å²) >= 11 is 0. The molecule has 82 valence electrons. The van der Waals surface area contributed by atoms with E-state index in [-0.39, 0.29) is 12.0 Å². The molecule has 1 atom stereocenters. The molecule has 1 saturated heterocycles. The molecule has 0 saturated carbocycles. The van der Waals surface area contributed by atoms with Crippen molar-refractivity contribution in [1.29, 1.82) is 0 Å². The molecule has 1 amide bonds. The lowest BCUT2D eigenvalue weighted by molar-refractivity contribution is -0.121. The molecule has 0 aliphatic carbocycles. The zero-order valence-electron chi connectivity index (χ0n) is 8.84. The van der Waals surface area contributed by atoms with Crippen LogP contribution in [0.4, 0.5) is 0 Å². The third-order valence-corrected chi connectivity index (χ3v) is 2.33. The normalized spacial score (nSPS) is 21.1. The van der Waals surface area contributed by atoms with Crippen molar-refractivity contribution in [2.24, 2.45) is 0 Å². The highest BCUT2D eigenvalue weighted by molar-refractivity contribution is 5.76. The van der Waals surface area contributed by atoms with Crippen molar-refractivity contribution >= 4 is 5.91 Å². The number of carbonyl (C=O) groups excluding carboxylic acids is 1. The Morgan fingerprint density at radius 2 is 2.43 bits per heavy atom. The SMILES string of the molecule is CCNCCC(=O)NCC1CCCO1. The Hall–Kier alpha value is -0.610. The van der Waals surface area contributed by atoms with Gasteiger partial charge in [-0.15, -0.1) is 0 Å². The maximum Gasteiger partial charge on any atom is 0.221 e. The molecule has 0 aromatic heterocycles. The molecule has 2 N–H and O–H groups in total. The fourth-order valence-corrected chi connectivity index (χ4v) is 1.50. The summed E-state index contributed by atoms with van der Waals surface area (Å²) in [5.74, 6) is 0.112. The van der Waals surface area contributed by atoms with Crippen LogP contribution in [0.5, 0.6) is 0 Å². The fourth-order valence-electron chi connectivity index (χ4n) is 1.50. The fraction of sp³-hybridized carbons (Fsp3) is 0.900. The zero-order chi connectivity index (χ0) is 10.2. The van der Waals surface area contributed by atoms with E-state index in [1.807, 2.05) is 6.92 Å². The highest BCUT2D eigenvalue weighted by atomic mass is 16.5. The molecular formula is C10H20N2O2. The molecule has 1 fully saturated rings. The number of amides is 1. The van der Waals surface area contributed by atoms with Gasteiger partial charge in [0.25, 0.3) is 0 Å². The van der Waals surface area contributed by atoms with Crippen LogP contribution in [-0.2, 0) is 9.53 Å². The van der Waals surface area contributed by atoms with E-state index in [0.29, 0.717) is 13.0 Å². The van der Waals surface area contributed by atoms with Crippen LogP contribution in [0.25, 0.3) is 0 Å². The van der Waals surface area contributed by atoms with E-state index in [4.69, 9.17) is 4.74 Å². The Bertz CT molecular complexity index is 168. The van der Waals surface area contributed by atoms with Crippen molar-refractivity contribution in [2.45, 2.75) is 32.3 Å². The number of hydrogen-bond acceptors (Lipinski definition) is 3. The Labute approximate surface area is 85.4 Å². The molecule has 14 heavy (non-hydrogen) atoms. The molecule has 1 unspecified atom stereocenters. The van der Waals surface area contributed by atoms with Gasteiger partial charge in [-0.3, -0.25) is 4.79 Å². The van der Waals surface area contributed by atoms with E-state index < -0.39 is 0 Å². The number of ether oxygens (including phenoxy) is 1. The Balaban J connectivity index is 1.96. The molecule has 0 radical (unpaired) electrons. The molecular weight excluding hydrogens is 180 g/mol. The topological polar surface area (TPSA) is 50.4 Å². The number of nitrogens with one attached hydrogen (secondary N) is 2. The van der Waals surface area contributed by atoms with Gasteiger partial charge in [0.2, 0.25) is 5.91 Å². The van der Waals surface area contributed by atoms with Gasteiger partial charge in [-0.05, 0) is 19.4 Å². The second-order valence-corrected chi connectivity index (χ2v) is 3.54. The lowest BCUT2D eigenvalue weighted by atomic mass is 10.2. The summed E-state index contributed by atoms with van der Waals surface area (Å²) in [7, 11) is 0. The second kappa shape index (κ2) is 6.79. The van der Waals surface area contributed by atoms with Crippen molar-refractivity contribution in [3.05, 3.63) is 0 Å². The largest absolute Gasteiger partial charge is 0.376 e. The van der Waals surface area contributed by atoms with Gasteiger partial charge in [-0.2, -0.15) is 0 Å². The van der Waals surface area contributed by atoms with E-state index in [2.05, 4.69) is 10.6 Å². The maximum atomic E-state index is 11.3. The molecule has 0 aromatic carbocycles. The van der Waals surface area contributed by atoms with Gasteiger partial charge in [-0.1, -0.05) is 6.92 Å². The summed E-state index contributed by atoms with van der Waals surface area (Å²) in [6.45, 7) is 5.22. The van der Waals surface area contributed by atoms with Gasteiger partial charge < -0.3 is 15.4 Å². The van der Waals surface area contributed by atoms with Crippen molar-refractivity contribution in [1.82, 2.24) is 10.6 Å². The molecule has 1 heterocycles. The third kappa shape index (κ3) is 4.58. The Morgan fingerprint density at radius 3 is 3.07 bits per heavy atom. The summed E-state index contributed by atoms with van der Waals surface area (Å²) < 4.78 is 5.40. The standard InChI is InChI=1S/C10H20N2O2/c1-2-11-6-5-10(13)12-8-9-4-3-7-14-9/h9,11H,2-8H2,1H3,(H,12,13). The molecule has 4 nitrogen and oxygen atoms in total. The number of rotatable bonds is 6. The lowest BCUT2D eigenvalue weighted by Gasteiger charge is -2.10. The van der Waals surface area contributed by atoms with Crippen molar-refractivity contribution in [3.8, 4) is 0 Å². The molecule has 1 rings (SSSR count). The molecule has 0 spiro atoms. The predicted molar refractivity (Wildman–Crippen MR) is 55.1 cm³/mol. The molecule has 0 aromatic rings. The number of carbonyl (C=O) groups is 1. The quantitative estimate of drug-likeness (QED) is 0.606. The first-order valence-electron chi connectivity index (χ1n) is 5.42. The average molecular weight is 200 g/mol. The lowest BCUT2D eigenvalue weighted by Crippen LogP contribution is -2.33. The average Bonchev–Trinajstić information content (AvgIpc) is 2.68. The predicted octanol–water partition coefficient (Wildman–Crippen LogP) is 0.281. The molecule has 0 bridgehead atoms. The highest BCUT2D eigenvalue weighted by Crippen LogP contribution is 2.10. The summed E-state index contributed by atoms with van der Waals surface area (Å²) in [6.07, 6.45) is 3.00. The van der Waals surface area contributed by atoms with E-state index >= 15 is 0 Å². The summed E-state index contributed by atoms with van der Waals surface area (Å²) in [6, 6.07) is 0. The maximum absolute atomic E-state index is 11.3. The Kier molecular flexibility index (Phi) is 5.56. The van der Waals surface area contributed by atoms with Crippen molar-refractivity contribution < 1.29 is 9.53 Å². The van der Waals surface area contributed by atoms with Gasteiger partial charge in [0.05, 0.1) is 6.10 Å². The Morgan fingerprint density at radius 1 is 1.57 bits per heavy atom. The van der Waals surface area contributed by atoms with Gasteiger partial charge in [-0.25, -0.2) is 0 Å². The minimum atomic E-state index is 0.112. The summed E-state index contributed by atoms with van der Waals surface area (Å²) in [5, 5.41) is 5.99. The summed E-state index contributed by atoms with van der Waals surface area (Å²) in [4.78, 5) is 11.3. The third-order valence-electron chi connectivity index (χ3n) is 2.33. The highest BCUT2D eigenvalue weighted by Gasteiger charge is 2.15. The minimum absolute atomic E-state index is 0.112. The second-order valence-electron chi connectivity index (χ2n) is 3.54. The van der Waals surface area contributed by atoms with E-state index in [1.54, 1.807) is 0 Å². The van der Waals surface area contributed by atoms with Gasteiger partial charge >= 0.3 is 0 Å². The zero-order valence-corrected chi connectivity index (χ0v) is 8.84. The summed E-state index contributed by atoms with van der Waals surface area (Å²) in [5.41, 5.74) is 0. The van der Waals surface area contributed by atoms with Crippen molar-refractivity contribution in [3.63, 3.8) is 0 Å². The van der Waals surface area contributed by atoms with Gasteiger partial charge in [0.15, 0.2) is 0 Å². The van der Waals surface area contributed by atoms with E-state index in [9.17, 15) is 4.79 Å². The molecule has 4 heteroatoms. The van der Waals surface area contributed by atoms with Crippen LogP contribution in [0, 0.1) is 0 Å². The smallest absolute Gasteiger partial charge is 0.221 e. The minimum Gasteiger partial charge on any atom is -0.376 e. The van der Waals surface area contributed by atoms with Crippen LogP contribution in [0.1, 0.15) is 26.2 Å². The van der Waals surface area contributed by atoms with Gasteiger partial charge in [0.1, 0.15) is 0 Å². The van der Waals surface area contributed by atoms with Crippen LogP contribution < -0.4 is 10.6 Å². The first-order chi connectivity index (χ1) is 6.83. The molecule has 1 aliphatic rings. The first-order valence-corrected chi connectivity index (χ1v) is 5.42. The van der Waals surface area contributed by atoms with Crippen LogP contribution in [0.15, 0.2) is 0 Å². The van der Waals surface area contributed by atoms with Gasteiger partial charge in [0, 0.05) is 26.1 Å². The van der Waals surface area contributed by atoms with E-state index in [0.717, 1.165) is 32.5 Å². The first kappa shape index (κ1) is 11.5. The molecule has 1 aliphatic heterocycles. The van der Waals surface area contributed by atoms with Crippen LogP contribution >= 0.6 is 0 Å². The van der Waals surface area contributed by atoms with Crippen LogP contribution in [0.3, 0.4) is 0 Å². The number of hydrogen-bond donors (Lipinski definition) is 2. The van der Waals surface area contributed by atoms with Crippen molar-refractivity contribution in [2.75, 3.05) is 26.2 Å².